The molecule has 0 aromatic heterocycles. The number of halogens is 1. The van der Waals surface area contributed by atoms with Crippen molar-refractivity contribution in [3.63, 3.8) is 0 Å². The third-order valence-corrected chi connectivity index (χ3v) is 2.95. The molecule has 3 nitrogen and oxygen atoms in total. The summed E-state index contributed by atoms with van der Waals surface area (Å²) in [5, 5.41) is 20.6. The molecule has 1 atom stereocenters. The van der Waals surface area contributed by atoms with Gasteiger partial charge in [-0.3, -0.25) is 0 Å². The van der Waals surface area contributed by atoms with Crippen molar-refractivity contribution in [2.45, 2.75) is 6.04 Å². The Balaban J connectivity index is 2.39. The van der Waals surface area contributed by atoms with E-state index in [1.165, 1.54) is 18.3 Å². The Hall–Kier alpha value is -3.11. The summed E-state index contributed by atoms with van der Waals surface area (Å²) in [5.74, 6) is -0.333. The van der Waals surface area contributed by atoms with Crippen LogP contribution in [0.4, 0.5) is 4.39 Å². The quantitative estimate of drug-likeness (QED) is 0.871. The topological polar surface area (TPSA) is 59.6 Å². The Labute approximate surface area is 122 Å². The van der Waals surface area contributed by atoms with Gasteiger partial charge in [-0.15, -0.1) is 0 Å². The van der Waals surface area contributed by atoms with Crippen LogP contribution < -0.4 is 5.32 Å². The molecule has 2 aromatic rings. The molecule has 0 saturated heterocycles. The normalized spacial score (nSPS) is 10.8. The monoisotopic (exact) mass is 277 g/mol. The Kier molecular flexibility index (Phi) is 4.69. The van der Waals surface area contributed by atoms with Gasteiger partial charge < -0.3 is 5.32 Å². The minimum absolute atomic E-state index is 0.0349. The van der Waals surface area contributed by atoms with E-state index in [-0.39, 0.29) is 17.4 Å². The Morgan fingerprint density at radius 1 is 1.00 bits per heavy atom. The summed E-state index contributed by atoms with van der Waals surface area (Å²) in [5.41, 5.74) is 1.59. The molecule has 0 aliphatic heterocycles. The van der Waals surface area contributed by atoms with Gasteiger partial charge in [0.1, 0.15) is 23.5 Å². The fraction of sp³-hybridized carbons (Fsp3) is 0.0588. The van der Waals surface area contributed by atoms with Crippen molar-refractivity contribution in [1.82, 2.24) is 5.32 Å². The van der Waals surface area contributed by atoms with Gasteiger partial charge in [0.25, 0.3) is 0 Å². The molecule has 0 aliphatic rings. The van der Waals surface area contributed by atoms with Crippen molar-refractivity contribution in [3.8, 4) is 12.1 Å². The Morgan fingerprint density at radius 3 is 2.29 bits per heavy atom. The first-order valence-electron chi connectivity index (χ1n) is 6.31. The molecule has 4 heteroatoms. The van der Waals surface area contributed by atoms with Gasteiger partial charge in [-0.2, -0.15) is 10.5 Å². The Bertz CT molecular complexity index is 708. The number of hydrogen-bond donors (Lipinski definition) is 1. The molecule has 0 heterocycles. The lowest BCUT2D eigenvalue weighted by Crippen LogP contribution is -2.17. The van der Waals surface area contributed by atoms with Gasteiger partial charge in [-0.1, -0.05) is 42.5 Å². The second kappa shape index (κ2) is 6.88. The molecule has 2 aromatic carbocycles. The van der Waals surface area contributed by atoms with Crippen LogP contribution in [-0.2, 0) is 0 Å². The SMILES string of the molecule is N#CC(C#N)=CNC(c1ccccc1)c1cccc(F)c1. The Morgan fingerprint density at radius 2 is 1.67 bits per heavy atom. The number of nitrogens with one attached hydrogen (secondary N) is 1. The van der Waals surface area contributed by atoms with Crippen LogP contribution in [0.5, 0.6) is 0 Å². The highest BCUT2D eigenvalue weighted by Crippen LogP contribution is 2.22. The molecule has 0 fully saturated rings. The number of hydrogen-bond acceptors (Lipinski definition) is 3. The molecule has 102 valence electrons. The first-order valence-corrected chi connectivity index (χ1v) is 6.31. The van der Waals surface area contributed by atoms with Gasteiger partial charge in [0.05, 0.1) is 6.04 Å². The summed E-state index contributed by atoms with van der Waals surface area (Å²) < 4.78 is 13.4. The second-order valence-corrected chi connectivity index (χ2v) is 4.35. The van der Waals surface area contributed by atoms with Gasteiger partial charge in [0, 0.05) is 6.20 Å². The highest BCUT2D eigenvalue weighted by molar-refractivity contribution is 5.37. The standard InChI is InChI=1S/C17H12FN3/c18-16-8-4-7-15(9-16)17(14-5-2-1-3-6-14)21-12-13(10-19)11-20/h1-9,12,17,21H. The summed E-state index contributed by atoms with van der Waals surface area (Å²) in [7, 11) is 0. The fourth-order valence-corrected chi connectivity index (χ4v) is 1.97. The molecule has 1 unspecified atom stereocenters. The van der Waals surface area contributed by atoms with E-state index >= 15 is 0 Å². The molecule has 0 aliphatic carbocycles. The fourth-order valence-electron chi connectivity index (χ4n) is 1.97. The van der Waals surface area contributed by atoms with Crippen molar-refractivity contribution in [2.24, 2.45) is 0 Å². The van der Waals surface area contributed by atoms with Gasteiger partial charge in [-0.05, 0) is 23.3 Å². The average molecular weight is 277 g/mol. The van der Waals surface area contributed by atoms with E-state index < -0.39 is 0 Å². The van der Waals surface area contributed by atoms with Crippen LogP contribution in [0.15, 0.2) is 66.4 Å². The minimum Gasteiger partial charge on any atom is -0.378 e. The second-order valence-electron chi connectivity index (χ2n) is 4.35. The van der Waals surface area contributed by atoms with Crippen LogP contribution in [0.1, 0.15) is 17.2 Å². The van der Waals surface area contributed by atoms with Gasteiger partial charge in [0.2, 0.25) is 0 Å². The number of nitriles is 2. The van der Waals surface area contributed by atoms with Crippen LogP contribution in [0.25, 0.3) is 0 Å². The van der Waals surface area contributed by atoms with E-state index in [4.69, 9.17) is 10.5 Å². The predicted molar refractivity (Wildman–Crippen MR) is 77.1 cm³/mol. The zero-order valence-electron chi connectivity index (χ0n) is 11.1. The van der Waals surface area contributed by atoms with Crippen molar-refractivity contribution < 1.29 is 4.39 Å². The highest BCUT2D eigenvalue weighted by Gasteiger charge is 2.13. The molecule has 0 radical (unpaired) electrons. The van der Waals surface area contributed by atoms with Crippen molar-refractivity contribution in [1.29, 1.82) is 10.5 Å². The van der Waals surface area contributed by atoms with Crippen LogP contribution in [0.3, 0.4) is 0 Å². The third-order valence-electron chi connectivity index (χ3n) is 2.95. The molecule has 0 spiro atoms. The van der Waals surface area contributed by atoms with E-state index in [1.54, 1.807) is 24.3 Å². The molecular formula is C17H12FN3. The molecule has 0 amide bonds. The summed E-state index contributed by atoms with van der Waals surface area (Å²) >= 11 is 0. The zero-order valence-corrected chi connectivity index (χ0v) is 11.1. The molecule has 0 saturated carbocycles. The van der Waals surface area contributed by atoms with Crippen LogP contribution >= 0.6 is 0 Å². The van der Waals surface area contributed by atoms with E-state index in [0.717, 1.165) is 5.56 Å². The summed E-state index contributed by atoms with van der Waals surface area (Å²) in [4.78, 5) is 0. The largest absolute Gasteiger partial charge is 0.378 e. The maximum atomic E-state index is 13.4. The summed E-state index contributed by atoms with van der Waals surface area (Å²) in [6.07, 6.45) is 1.35. The highest BCUT2D eigenvalue weighted by atomic mass is 19.1. The van der Waals surface area contributed by atoms with Gasteiger partial charge >= 0.3 is 0 Å². The maximum Gasteiger partial charge on any atom is 0.145 e. The van der Waals surface area contributed by atoms with Crippen LogP contribution in [0.2, 0.25) is 0 Å². The molecule has 1 N–H and O–H groups in total. The number of nitrogens with zero attached hydrogens (tertiary/aromatic N) is 2. The van der Waals surface area contributed by atoms with Gasteiger partial charge in [0.15, 0.2) is 0 Å². The first-order chi connectivity index (χ1) is 10.2. The van der Waals surface area contributed by atoms with Crippen molar-refractivity contribution in [3.05, 3.63) is 83.3 Å². The lowest BCUT2D eigenvalue weighted by molar-refractivity contribution is 0.619. The van der Waals surface area contributed by atoms with Crippen LogP contribution in [0, 0.1) is 28.5 Å². The van der Waals surface area contributed by atoms with Gasteiger partial charge in [-0.25, -0.2) is 4.39 Å². The predicted octanol–water partition coefficient (Wildman–Crippen LogP) is 3.44. The van der Waals surface area contributed by atoms with E-state index in [0.29, 0.717) is 5.56 Å². The lowest BCUT2D eigenvalue weighted by Gasteiger charge is -2.18. The lowest BCUT2D eigenvalue weighted by atomic mass is 9.99. The third kappa shape index (κ3) is 3.68. The smallest absolute Gasteiger partial charge is 0.145 e. The summed E-state index contributed by atoms with van der Waals surface area (Å²) in [6, 6.07) is 18.9. The van der Waals surface area contributed by atoms with E-state index in [9.17, 15) is 4.39 Å². The van der Waals surface area contributed by atoms with Crippen molar-refractivity contribution >= 4 is 0 Å². The van der Waals surface area contributed by atoms with E-state index in [2.05, 4.69) is 5.32 Å². The number of benzene rings is 2. The first kappa shape index (κ1) is 14.3. The molecule has 0 bridgehead atoms. The number of rotatable bonds is 4. The maximum absolute atomic E-state index is 13.4. The molecular weight excluding hydrogens is 265 g/mol. The minimum atomic E-state index is -0.335. The average Bonchev–Trinajstić information content (AvgIpc) is 2.52. The number of allylic oxidation sites excluding steroid dienone is 1. The van der Waals surface area contributed by atoms with E-state index in [1.807, 2.05) is 30.3 Å². The zero-order chi connectivity index (χ0) is 15.1. The molecule has 2 rings (SSSR count). The van der Waals surface area contributed by atoms with Crippen LogP contribution in [-0.4, -0.2) is 0 Å². The van der Waals surface area contributed by atoms with Crippen molar-refractivity contribution in [2.75, 3.05) is 0 Å². The molecule has 21 heavy (non-hydrogen) atoms. The summed E-state index contributed by atoms with van der Waals surface area (Å²) in [6.45, 7) is 0.